The van der Waals surface area contributed by atoms with Crippen molar-refractivity contribution in [3.05, 3.63) is 88.1 Å². The molecule has 3 aromatic rings. The molecule has 1 atom stereocenters. The minimum atomic E-state index is -1.10. The number of halogens is 1. The standard InChI is InChI=1S/C25H26FN3O2S/c26-21-13-5-4-12-20(21)23(24(30)28-18-9-2-1-3-10-18)29(17-19-11-8-16-32-19)25(31)22-14-6-7-15-27-22/h4-8,11-16,18,23H,1-3,9-10,17H2,(H,28,30). The predicted octanol–water partition coefficient (Wildman–Crippen LogP) is 5.11. The van der Waals surface area contributed by atoms with Crippen LogP contribution in [-0.4, -0.2) is 27.7 Å². The van der Waals surface area contributed by atoms with E-state index < -0.39 is 17.8 Å². The molecular formula is C25H26FN3O2S. The molecule has 7 heteroatoms. The van der Waals surface area contributed by atoms with Gasteiger partial charge in [-0.1, -0.05) is 49.6 Å². The average molecular weight is 452 g/mol. The fraction of sp³-hybridized carbons (Fsp3) is 0.320. The van der Waals surface area contributed by atoms with Gasteiger partial charge in [0.1, 0.15) is 17.6 Å². The molecule has 1 unspecified atom stereocenters. The monoisotopic (exact) mass is 451 g/mol. The molecule has 2 amide bonds. The molecule has 1 saturated carbocycles. The molecule has 32 heavy (non-hydrogen) atoms. The van der Waals surface area contributed by atoms with Crippen LogP contribution in [0.1, 0.15) is 59.1 Å². The zero-order valence-corrected chi connectivity index (χ0v) is 18.6. The molecule has 0 spiro atoms. The van der Waals surface area contributed by atoms with E-state index in [2.05, 4.69) is 10.3 Å². The molecule has 0 aliphatic heterocycles. The Balaban J connectivity index is 1.73. The van der Waals surface area contributed by atoms with Crippen molar-refractivity contribution in [2.75, 3.05) is 0 Å². The first kappa shape index (κ1) is 22.1. The van der Waals surface area contributed by atoms with Crippen molar-refractivity contribution in [2.24, 2.45) is 0 Å². The highest BCUT2D eigenvalue weighted by Crippen LogP contribution is 2.29. The number of pyridine rings is 1. The van der Waals surface area contributed by atoms with Gasteiger partial charge in [0.05, 0.1) is 6.54 Å². The second-order valence-corrected chi connectivity index (χ2v) is 9.03. The summed E-state index contributed by atoms with van der Waals surface area (Å²) in [7, 11) is 0. The number of benzene rings is 1. The van der Waals surface area contributed by atoms with E-state index in [9.17, 15) is 14.0 Å². The third-order valence-corrected chi connectivity index (χ3v) is 6.62. The lowest BCUT2D eigenvalue weighted by molar-refractivity contribution is -0.127. The molecule has 1 fully saturated rings. The molecule has 2 heterocycles. The van der Waals surface area contributed by atoms with Crippen LogP contribution in [0, 0.1) is 5.82 Å². The van der Waals surface area contributed by atoms with Gasteiger partial charge in [-0.05, 0) is 42.5 Å². The Hall–Kier alpha value is -3.06. The predicted molar refractivity (Wildman–Crippen MR) is 123 cm³/mol. The van der Waals surface area contributed by atoms with Gasteiger partial charge in [-0.15, -0.1) is 11.3 Å². The maximum Gasteiger partial charge on any atom is 0.273 e. The lowest BCUT2D eigenvalue weighted by Crippen LogP contribution is -2.47. The van der Waals surface area contributed by atoms with Crippen LogP contribution < -0.4 is 5.32 Å². The number of aromatic nitrogens is 1. The van der Waals surface area contributed by atoms with Gasteiger partial charge in [0.2, 0.25) is 5.91 Å². The van der Waals surface area contributed by atoms with E-state index in [1.54, 1.807) is 36.4 Å². The van der Waals surface area contributed by atoms with Crippen LogP contribution in [0.4, 0.5) is 4.39 Å². The number of hydrogen-bond donors (Lipinski definition) is 1. The van der Waals surface area contributed by atoms with Crippen molar-refractivity contribution in [1.82, 2.24) is 15.2 Å². The van der Waals surface area contributed by atoms with E-state index in [-0.39, 0.29) is 29.8 Å². The van der Waals surface area contributed by atoms with Crippen LogP contribution in [0.2, 0.25) is 0 Å². The Labute approximate surface area is 191 Å². The Morgan fingerprint density at radius 2 is 1.84 bits per heavy atom. The minimum Gasteiger partial charge on any atom is -0.351 e. The molecule has 1 aromatic carbocycles. The van der Waals surface area contributed by atoms with Crippen LogP contribution in [0.15, 0.2) is 66.2 Å². The molecule has 2 aromatic heterocycles. The molecular weight excluding hydrogens is 425 g/mol. The van der Waals surface area contributed by atoms with Crippen molar-refractivity contribution in [3.63, 3.8) is 0 Å². The number of rotatable bonds is 7. The number of carbonyl (C=O) groups excluding carboxylic acids is 2. The molecule has 0 bridgehead atoms. The second-order valence-electron chi connectivity index (χ2n) is 7.99. The summed E-state index contributed by atoms with van der Waals surface area (Å²) in [5.41, 5.74) is 0.400. The van der Waals surface area contributed by atoms with Crippen LogP contribution >= 0.6 is 11.3 Å². The van der Waals surface area contributed by atoms with Crippen LogP contribution in [0.25, 0.3) is 0 Å². The highest BCUT2D eigenvalue weighted by Gasteiger charge is 2.35. The first-order chi connectivity index (χ1) is 15.6. The molecule has 1 N–H and O–H groups in total. The van der Waals surface area contributed by atoms with Crippen LogP contribution in [0.5, 0.6) is 0 Å². The summed E-state index contributed by atoms with van der Waals surface area (Å²) in [4.78, 5) is 33.7. The Bertz CT molecular complexity index is 1040. The van der Waals surface area contributed by atoms with Crippen LogP contribution in [0.3, 0.4) is 0 Å². The first-order valence-corrected chi connectivity index (χ1v) is 11.8. The second kappa shape index (κ2) is 10.5. The van der Waals surface area contributed by atoms with Gasteiger partial charge in [0.15, 0.2) is 0 Å². The largest absolute Gasteiger partial charge is 0.351 e. The lowest BCUT2D eigenvalue weighted by Gasteiger charge is -2.33. The van der Waals surface area contributed by atoms with Crippen molar-refractivity contribution < 1.29 is 14.0 Å². The maximum absolute atomic E-state index is 15.0. The van der Waals surface area contributed by atoms with E-state index >= 15 is 0 Å². The van der Waals surface area contributed by atoms with Crippen molar-refractivity contribution in [3.8, 4) is 0 Å². The minimum absolute atomic E-state index is 0.0408. The van der Waals surface area contributed by atoms with Crippen molar-refractivity contribution in [1.29, 1.82) is 0 Å². The summed E-state index contributed by atoms with van der Waals surface area (Å²) in [6.07, 6.45) is 6.61. The van der Waals surface area contributed by atoms with Crippen molar-refractivity contribution in [2.45, 2.75) is 50.7 Å². The summed E-state index contributed by atoms with van der Waals surface area (Å²) >= 11 is 1.49. The molecule has 1 aliphatic carbocycles. The normalized spacial score (nSPS) is 15.2. The molecule has 166 valence electrons. The summed E-state index contributed by atoms with van der Waals surface area (Å²) in [5.74, 6) is -1.28. The highest BCUT2D eigenvalue weighted by molar-refractivity contribution is 7.09. The van der Waals surface area contributed by atoms with Gasteiger partial charge in [-0.3, -0.25) is 14.6 Å². The number of hydrogen-bond acceptors (Lipinski definition) is 4. The van der Waals surface area contributed by atoms with E-state index in [1.807, 2.05) is 17.5 Å². The van der Waals surface area contributed by atoms with Gasteiger partial charge in [-0.2, -0.15) is 0 Å². The summed E-state index contributed by atoms with van der Waals surface area (Å²) in [6.45, 7) is 0.185. The zero-order chi connectivity index (χ0) is 22.3. The average Bonchev–Trinajstić information content (AvgIpc) is 3.34. The van der Waals surface area contributed by atoms with E-state index in [4.69, 9.17) is 0 Å². The first-order valence-electron chi connectivity index (χ1n) is 10.9. The van der Waals surface area contributed by atoms with Gasteiger partial charge >= 0.3 is 0 Å². The lowest BCUT2D eigenvalue weighted by atomic mass is 9.94. The third-order valence-electron chi connectivity index (χ3n) is 5.76. The van der Waals surface area contributed by atoms with Gasteiger partial charge in [0.25, 0.3) is 5.91 Å². The maximum atomic E-state index is 15.0. The van der Waals surface area contributed by atoms with E-state index in [0.717, 1.165) is 37.0 Å². The third kappa shape index (κ3) is 5.22. The number of nitrogens with one attached hydrogen (secondary N) is 1. The molecule has 0 saturated heterocycles. The Morgan fingerprint density at radius 3 is 2.53 bits per heavy atom. The Morgan fingerprint density at radius 1 is 1.06 bits per heavy atom. The number of nitrogens with zero attached hydrogens (tertiary/aromatic N) is 2. The van der Waals surface area contributed by atoms with Gasteiger partial charge in [-0.25, -0.2) is 4.39 Å². The molecule has 5 nitrogen and oxygen atoms in total. The highest BCUT2D eigenvalue weighted by atomic mass is 32.1. The van der Waals surface area contributed by atoms with Gasteiger partial charge in [0, 0.05) is 22.7 Å². The van der Waals surface area contributed by atoms with Crippen LogP contribution in [-0.2, 0) is 11.3 Å². The van der Waals surface area contributed by atoms with E-state index in [0.29, 0.717) is 0 Å². The molecule has 4 rings (SSSR count). The fourth-order valence-corrected chi connectivity index (χ4v) is 4.86. The summed E-state index contributed by atoms with van der Waals surface area (Å²) < 4.78 is 15.0. The number of carbonyl (C=O) groups is 2. The fourth-order valence-electron chi connectivity index (χ4n) is 4.16. The zero-order valence-electron chi connectivity index (χ0n) is 17.7. The number of amides is 2. The topological polar surface area (TPSA) is 62.3 Å². The molecule has 0 radical (unpaired) electrons. The Kier molecular flexibility index (Phi) is 7.27. The van der Waals surface area contributed by atoms with E-state index in [1.165, 1.54) is 28.5 Å². The quantitative estimate of drug-likeness (QED) is 0.543. The number of thiophene rings is 1. The smallest absolute Gasteiger partial charge is 0.273 e. The van der Waals surface area contributed by atoms with Gasteiger partial charge < -0.3 is 10.2 Å². The molecule has 1 aliphatic rings. The summed E-state index contributed by atoms with van der Waals surface area (Å²) in [5, 5.41) is 5.01. The van der Waals surface area contributed by atoms with Crippen molar-refractivity contribution >= 4 is 23.2 Å². The summed E-state index contributed by atoms with van der Waals surface area (Å²) in [6, 6.07) is 14.0. The SMILES string of the molecule is O=C(NC1CCCCC1)C(c1ccccc1F)N(Cc1cccs1)C(=O)c1ccccn1.